The number of nitrogens with zero attached hydrogens (tertiary/aromatic N) is 12. The van der Waals surface area contributed by atoms with Gasteiger partial charge in [-0.15, -0.1) is 10.2 Å². The Morgan fingerprint density at radius 2 is 0.842 bits per heavy atom. The van der Waals surface area contributed by atoms with Crippen molar-refractivity contribution in [1.29, 1.82) is 0 Å². The van der Waals surface area contributed by atoms with E-state index < -0.39 is 0 Å². The van der Waals surface area contributed by atoms with Crippen LogP contribution in [-0.4, -0.2) is 127 Å². The number of fused-ring (bicyclic) bond motifs is 4. The zero-order valence-electron chi connectivity index (χ0n) is 43.3. The minimum Gasteiger partial charge on any atom is -0.355 e. The van der Waals surface area contributed by atoms with E-state index >= 15 is 0 Å². The molecule has 0 unspecified atom stereocenters. The van der Waals surface area contributed by atoms with Gasteiger partial charge in [-0.1, -0.05) is 86.3 Å². The smallest absolute Gasteiger partial charge is 0.293 e. The third-order valence-electron chi connectivity index (χ3n) is 16.8. The third kappa shape index (κ3) is 7.95. The van der Waals surface area contributed by atoms with E-state index in [0.717, 1.165) is 118 Å². The van der Waals surface area contributed by atoms with E-state index in [-0.39, 0.29) is 85.6 Å². The lowest BCUT2D eigenvalue weighted by atomic mass is 10.0. The topological polar surface area (TPSA) is 149 Å². The van der Waals surface area contributed by atoms with Gasteiger partial charge in [-0.2, -0.15) is 0 Å². The molecule has 0 radical (unpaired) electrons. The number of anilines is 4. The SMILES string of the molecule is C[C@@H]1C(=O)N(C)c2ccc(-c3nc(C(=O)N4CCN(C(=O)c5nc(-c6ccc7c(c6)N(C6CCCC6)[C@H](C)C(=O)N7C)n(-c6ccc7ccccc7c6)n5)CC4)nn3-c3ccc4ccccc4c3)cc2N1C1CCCC1. The number of aromatic nitrogens is 6. The molecule has 16 heteroatoms. The van der Waals surface area contributed by atoms with Crippen molar-refractivity contribution in [2.75, 3.05) is 59.9 Å². The van der Waals surface area contributed by atoms with Crippen LogP contribution < -0.4 is 19.6 Å². The first-order valence-electron chi connectivity index (χ1n) is 26.9. The van der Waals surface area contributed by atoms with E-state index in [1.54, 1.807) is 29.0 Å². The van der Waals surface area contributed by atoms with Crippen LogP contribution in [0.5, 0.6) is 0 Å². The van der Waals surface area contributed by atoms with Crippen molar-refractivity contribution < 1.29 is 19.2 Å². The van der Waals surface area contributed by atoms with Gasteiger partial charge in [0.15, 0.2) is 11.6 Å². The molecule has 0 spiro atoms. The van der Waals surface area contributed by atoms with Crippen LogP contribution in [0.2, 0.25) is 0 Å². The first kappa shape index (κ1) is 47.3. The van der Waals surface area contributed by atoms with Crippen molar-refractivity contribution in [3.05, 3.63) is 133 Å². The van der Waals surface area contributed by atoms with Gasteiger partial charge in [0.2, 0.25) is 23.5 Å². The Morgan fingerprint density at radius 1 is 0.461 bits per heavy atom. The maximum Gasteiger partial charge on any atom is 0.293 e. The van der Waals surface area contributed by atoms with Gasteiger partial charge in [0.25, 0.3) is 11.8 Å². The van der Waals surface area contributed by atoms with Crippen molar-refractivity contribution >= 4 is 67.9 Å². The van der Waals surface area contributed by atoms with Crippen LogP contribution in [0.4, 0.5) is 22.7 Å². The monoisotopic (exact) mass is 1010 g/mol. The molecule has 2 aromatic heterocycles. The fourth-order valence-electron chi connectivity index (χ4n) is 12.7. The molecule has 8 aromatic rings. The fourth-order valence-corrected chi connectivity index (χ4v) is 12.7. The van der Waals surface area contributed by atoms with Crippen LogP contribution in [0.25, 0.3) is 55.7 Å². The lowest BCUT2D eigenvalue weighted by molar-refractivity contribution is -0.120. The Kier molecular flexibility index (Phi) is 11.7. The lowest BCUT2D eigenvalue weighted by Crippen LogP contribution is -2.54. The molecule has 2 atom stereocenters. The lowest BCUT2D eigenvalue weighted by Gasteiger charge is -2.43. The molecule has 4 amide bonds. The highest BCUT2D eigenvalue weighted by atomic mass is 16.2. The molecule has 16 nitrogen and oxygen atoms in total. The Bertz CT molecular complexity index is 3400. The van der Waals surface area contributed by atoms with Gasteiger partial charge in [0.05, 0.1) is 34.1 Å². The number of likely N-dealkylation sites (N-methyl/N-ethyl adjacent to an activating group) is 2. The Morgan fingerprint density at radius 3 is 1.24 bits per heavy atom. The molecule has 384 valence electrons. The van der Waals surface area contributed by atoms with E-state index in [0.29, 0.717) is 11.6 Å². The number of amides is 4. The number of hydrogen-bond donors (Lipinski definition) is 0. The second kappa shape index (κ2) is 18.8. The van der Waals surface area contributed by atoms with Gasteiger partial charge in [0.1, 0.15) is 12.1 Å². The summed E-state index contributed by atoms with van der Waals surface area (Å²) in [7, 11) is 3.67. The molecule has 5 aliphatic rings. The summed E-state index contributed by atoms with van der Waals surface area (Å²) in [4.78, 5) is 78.0. The van der Waals surface area contributed by atoms with Crippen LogP contribution in [0.1, 0.15) is 86.5 Å². The maximum atomic E-state index is 14.7. The molecule has 0 N–H and O–H groups in total. The van der Waals surface area contributed by atoms with Gasteiger partial charge < -0.3 is 29.4 Å². The molecular formula is C60H60N12O4. The first-order chi connectivity index (χ1) is 37.0. The molecule has 76 heavy (non-hydrogen) atoms. The summed E-state index contributed by atoms with van der Waals surface area (Å²) in [6.45, 7) is 4.99. The zero-order chi connectivity index (χ0) is 51.9. The highest BCUT2D eigenvalue weighted by Gasteiger charge is 2.41. The highest BCUT2D eigenvalue weighted by molar-refractivity contribution is 6.07. The molecule has 5 heterocycles. The van der Waals surface area contributed by atoms with E-state index in [9.17, 15) is 19.2 Å². The van der Waals surface area contributed by atoms with Crippen LogP contribution in [-0.2, 0) is 9.59 Å². The molecule has 2 aliphatic carbocycles. The van der Waals surface area contributed by atoms with E-state index in [1.165, 1.54) is 0 Å². The number of rotatable bonds is 8. The van der Waals surface area contributed by atoms with Crippen LogP contribution >= 0.6 is 0 Å². The average molecular weight is 1010 g/mol. The van der Waals surface area contributed by atoms with Crippen LogP contribution in [0, 0.1) is 0 Å². The molecule has 13 rings (SSSR count). The van der Waals surface area contributed by atoms with Crippen molar-refractivity contribution in [1.82, 2.24) is 39.3 Å². The van der Waals surface area contributed by atoms with Crippen LogP contribution in [0.3, 0.4) is 0 Å². The second-order valence-electron chi connectivity index (χ2n) is 21.2. The maximum absolute atomic E-state index is 14.7. The molecule has 3 aliphatic heterocycles. The number of hydrogen-bond acceptors (Lipinski definition) is 10. The minimum absolute atomic E-state index is 0.0518. The molecule has 0 bridgehead atoms. The molecule has 2 saturated carbocycles. The zero-order valence-corrected chi connectivity index (χ0v) is 43.3. The molecular weight excluding hydrogens is 953 g/mol. The summed E-state index contributed by atoms with van der Waals surface area (Å²) in [6, 6.07) is 40.4. The summed E-state index contributed by atoms with van der Waals surface area (Å²) in [6.07, 6.45) is 8.62. The first-order valence-corrected chi connectivity index (χ1v) is 26.9. The van der Waals surface area contributed by atoms with E-state index in [2.05, 4.69) is 58.3 Å². The van der Waals surface area contributed by atoms with Crippen molar-refractivity contribution in [2.24, 2.45) is 0 Å². The number of carbonyl (C=O) groups excluding carboxylic acids is 4. The quantitative estimate of drug-likeness (QED) is 0.144. The van der Waals surface area contributed by atoms with Gasteiger partial charge in [-0.25, -0.2) is 19.3 Å². The van der Waals surface area contributed by atoms with Gasteiger partial charge in [0, 0.05) is 63.5 Å². The average Bonchev–Trinajstić information content (AvgIpc) is 4.33. The minimum atomic E-state index is -0.334. The largest absolute Gasteiger partial charge is 0.355 e. The Hall–Kier alpha value is -8.40. The highest BCUT2D eigenvalue weighted by Crippen LogP contribution is 2.44. The standard InChI is InChI=1S/C60H60N12O4/c1-37-57(73)65(3)49-27-23-43(35-51(49)69(37)45-17-9-10-18-45)55-61-53(63-71(55)47-25-21-39-13-5-7-15-41(39)33-47)59(75)67-29-31-68(32-30-67)60(76)54-62-56(72(64-54)48-26-22-40-14-6-8-16-42(40)34-48)44-24-28-50-52(36-44)70(46-19-11-12-20-46)38(2)58(74)66(50)4/h5-8,13-16,21-28,33-38,45-46H,9-12,17-20,29-32H2,1-4H3/t37-,38-/m1/s1. The predicted octanol–water partition coefficient (Wildman–Crippen LogP) is 9.31. The Balaban J connectivity index is 0.809. The third-order valence-corrected chi connectivity index (χ3v) is 16.8. The van der Waals surface area contributed by atoms with Crippen molar-refractivity contribution in [3.63, 3.8) is 0 Å². The van der Waals surface area contributed by atoms with Crippen molar-refractivity contribution in [3.8, 4) is 34.2 Å². The van der Waals surface area contributed by atoms with Gasteiger partial charge in [-0.05, 0) is 122 Å². The second-order valence-corrected chi connectivity index (χ2v) is 21.2. The Labute approximate surface area is 441 Å². The molecule has 3 fully saturated rings. The van der Waals surface area contributed by atoms with Crippen molar-refractivity contribution in [2.45, 2.75) is 89.4 Å². The summed E-state index contributed by atoms with van der Waals surface area (Å²) >= 11 is 0. The molecule has 6 aromatic carbocycles. The summed E-state index contributed by atoms with van der Waals surface area (Å²) in [5.41, 5.74) is 6.71. The number of piperazine rings is 1. The van der Waals surface area contributed by atoms with Gasteiger partial charge in [-0.3, -0.25) is 19.2 Å². The summed E-state index contributed by atoms with van der Waals surface area (Å²) in [5, 5.41) is 14.1. The number of benzene rings is 6. The van der Waals surface area contributed by atoms with E-state index in [4.69, 9.17) is 20.2 Å². The summed E-state index contributed by atoms with van der Waals surface area (Å²) in [5.74, 6) is 0.593. The van der Waals surface area contributed by atoms with E-state index in [1.807, 2.05) is 101 Å². The summed E-state index contributed by atoms with van der Waals surface area (Å²) < 4.78 is 3.51. The fraction of sp³-hybridized carbons (Fsp3) is 0.333. The predicted molar refractivity (Wildman–Crippen MR) is 296 cm³/mol. The van der Waals surface area contributed by atoms with Crippen LogP contribution in [0.15, 0.2) is 121 Å². The normalized spacial score (nSPS) is 19.4. The van der Waals surface area contributed by atoms with Gasteiger partial charge >= 0.3 is 0 Å². The molecule has 1 saturated heterocycles. The number of carbonyl (C=O) groups is 4.